The summed E-state index contributed by atoms with van der Waals surface area (Å²) in [6.07, 6.45) is 0. The maximum atomic E-state index is 8.12. The molecule has 0 bridgehead atoms. The molecule has 2 rings (SSSR count). The summed E-state index contributed by atoms with van der Waals surface area (Å²) in [4.78, 5) is 0.724. The van der Waals surface area contributed by atoms with Crippen molar-refractivity contribution in [3.05, 3.63) is 48.0 Å². The summed E-state index contributed by atoms with van der Waals surface area (Å²) >= 11 is 0.870. The fourth-order valence-electron chi connectivity index (χ4n) is 1.64. The van der Waals surface area contributed by atoms with Gasteiger partial charge in [0.25, 0.3) is 0 Å². The second-order valence-corrected chi connectivity index (χ2v) is 4.85. The van der Waals surface area contributed by atoms with Crippen molar-refractivity contribution in [1.29, 1.82) is 0 Å². The zero-order valence-corrected chi connectivity index (χ0v) is 12.3. The fourth-order valence-corrected chi connectivity index (χ4v) is 2.05. The maximum Gasteiger partial charge on any atom is 0.123 e. The Morgan fingerprint density at radius 3 is 2.52 bits per heavy atom. The molecule has 6 nitrogen and oxygen atoms in total. The second-order valence-electron chi connectivity index (χ2n) is 4.08. The average molecular weight is 306 g/mol. The highest BCUT2D eigenvalue weighted by molar-refractivity contribution is 7.94. The molecule has 7 heteroatoms. The van der Waals surface area contributed by atoms with Crippen molar-refractivity contribution in [3.63, 3.8) is 0 Å². The van der Waals surface area contributed by atoms with Crippen LogP contribution in [-0.2, 0) is 9.37 Å². The number of ether oxygens (including phenoxy) is 1. The number of rotatable bonds is 6. The molecular weight excluding hydrogens is 292 g/mol. The highest BCUT2D eigenvalue weighted by atomic mass is 32.2. The Labute approximate surface area is 126 Å². The van der Waals surface area contributed by atoms with E-state index in [2.05, 4.69) is 19.6 Å². The van der Waals surface area contributed by atoms with Crippen molar-refractivity contribution in [2.45, 2.75) is 11.8 Å². The second kappa shape index (κ2) is 7.75. The van der Waals surface area contributed by atoms with Gasteiger partial charge in [0.05, 0.1) is 30.5 Å². The first-order valence-corrected chi connectivity index (χ1v) is 6.78. The number of hydrogen-bond donors (Lipinski definition) is 1. The summed E-state index contributed by atoms with van der Waals surface area (Å²) in [5.74, 6) is 0.768. The van der Waals surface area contributed by atoms with Crippen molar-refractivity contribution in [3.8, 4) is 5.75 Å². The molecule has 1 N–H and O–H groups in total. The van der Waals surface area contributed by atoms with Crippen LogP contribution in [0.1, 0.15) is 5.56 Å². The molecule has 0 aliphatic carbocycles. The van der Waals surface area contributed by atoms with E-state index in [1.165, 1.54) is 0 Å². The molecular formula is C14H14N2O4S. The van der Waals surface area contributed by atoms with Gasteiger partial charge in [0, 0.05) is 11.0 Å². The number of benzene rings is 2. The Hall–Kier alpha value is -1.93. The van der Waals surface area contributed by atoms with Crippen molar-refractivity contribution < 1.29 is 19.4 Å². The third-order valence-corrected chi connectivity index (χ3v) is 3.23. The lowest BCUT2D eigenvalue weighted by molar-refractivity contribution is -0.432. The quantitative estimate of drug-likeness (QED) is 0.357. The van der Waals surface area contributed by atoms with E-state index in [9.17, 15) is 0 Å². The monoisotopic (exact) mass is 306 g/mol. The van der Waals surface area contributed by atoms with Crippen molar-refractivity contribution in [2.75, 3.05) is 7.11 Å². The van der Waals surface area contributed by atoms with Crippen LogP contribution in [0.3, 0.4) is 0 Å². The Bertz CT molecular complexity index is 634. The third kappa shape index (κ3) is 4.54. The summed E-state index contributed by atoms with van der Waals surface area (Å²) in [6.45, 7) is 1.96. The third-order valence-electron chi connectivity index (χ3n) is 2.65. The molecule has 0 unspecified atom stereocenters. The van der Waals surface area contributed by atoms with E-state index in [0.29, 0.717) is 11.4 Å². The zero-order valence-electron chi connectivity index (χ0n) is 11.5. The standard InChI is InChI=1S/C14H14N2O4S/c1-10-6-7-12(9-14(10)18-2)16-15-11-4-3-5-13(8-11)21-20-19-17/h3-9,17H,1-2H3. The lowest BCUT2D eigenvalue weighted by atomic mass is 10.2. The Balaban J connectivity index is 2.13. The van der Waals surface area contributed by atoms with Crippen LogP contribution in [-0.4, -0.2) is 12.4 Å². The van der Waals surface area contributed by atoms with E-state index in [-0.39, 0.29) is 0 Å². The summed E-state index contributed by atoms with van der Waals surface area (Å²) in [6, 6.07) is 12.7. The zero-order chi connectivity index (χ0) is 15.1. The van der Waals surface area contributed by atoms with Crippen LogP contribution >= 0.6 is 12.0 Å². The number of nitrogens with zero attached hydrogens (tertiary/aromatic N) is 2. The van der Waals surface area contributed by atoms with Crippen LogP contribution in [0, 0.1) is 6.92 Å². The van der Waals surface area contributed by atoms with Gasteiger partial charge in [-0.05, 0) is 36.8 Å². The van der Waals surface area contributed by atoms with E-state index in [1.807, 2.05) is 25.1 Å². The maximum absolute atomic E-state index is 8.12. The molecule has 0 aliphatic heterocycles. The predicted molar refractivity (Wildman–Crippen MR) is 79.0 cm³/mol. The summed E-state index contributed by atoms with van der Waals surface area (Å²) in [5.41, 5.74) is 2.39. The average Bonchev–Trinajstić information content (AvgIpc) is 2.52. The highest BCUT2D eigenvalue weighted by Gasteiger charge is 2.00. The van der Waals surface area contributed by atoms with E-state index in [4.69, 9.17) is 9.99 Å². The normalized spacial score (nSPS) is 11.0. The summed E-state index contributed by atoms with van der Waals surface area (Å²) < 4.78 is 9.61. The molecule has 0 radical (unpaired) electrons. The minimum Gasteiger partial charge on any atom is -0.496 e. The van der Waals surface area contributed by atoms with Gasteiger partial charge in [0.15, 0.2) is 0 Å². The summed E-state index contributed by atoms with van der Waals surface area (Å²) in [5, 5.41) is 20.0. The molecule has 2 aromatic rings. The molecule has 0 saturated carbocycles. The Morgan fingerprint density at radius 1 is 1.05 bits per heavy atom. The molecule has 21 heavy (non-hydrogen) atoms. The number of hydrogen-bond acceptors (Lipinski definition) is 7. The van der Waals surface area contributed by atoms with Crippen LogP contribution in [0.2, 0.25) is 0 Å². The van der Waals surface area contributed by atoms with Crippen molar-refractivity contribution in [2.24, 2.45) is 10.2 Å². The van der Waals surface area contributed by atoms with E-state index < -0.39 is 0 Å². The lowest BCUT2D eigenvalue weighted by Crippen LogP contribution is -1.85. The highest BCUT2D eigenvalue weighted by Crippen LogP contribution is 2.27. The molecule has 0 aromatic heterocycles. The molecule has 0 amide bonds. The van der Waals surface area contributed by atoms with Gasteiger partial charge in [0.1, 0.15) is 5.75 Å². The molecule has 0 spiro atoms. The first-order chi connectivity index (χ1) is 10.2. The van der Waals surface area contributed by atoms with Crippen LogP contribution in [0.4, 0.5) is 11.4 Å². The van der Waals surface area contributed by atoms with Crippen LogP contribution in [0.5, 0.6) is 5.75 Å². The molecule has 0 heterocycles. The topological polar surface area (TPSA) is 72.6 Å². The molecule has 0 saturated heterocycles. The summed E-state index contributed by atoms with van der Waals surface area (Å²) in [7, 11) is 1.62. The van der Waals surface area contributed by atoms with Gasteiger partial charge in [-0.15, -0.1) is 4.33 Å². The van der Waals surface area contributed by atoms with Gasteiger partial charge in [-0.2, -0.15) is 10.2 Å². The number of methoxy groups -OCH3 is 1. The van der Waals surface area contributed by atoms with Gasteiger partial charge < -0.3 is 4.74 Å². The molecule has 0 atom stereocenters. The minimum absolute atomic E-state index is 0.654. The van der Waals surface area contributed by atoms with Crippen molar-refractivity contribution in [1.82, 2.24) is 0 Å². The fraction of sp³-hybridized carbons (Fsp3) is 0.143. The largest absolute Gasteiger partial charge is 0.496 e. The van der Waals surface area contributed by atoms with Crippen LogP contribution in [0.15, 0.2) is 57.6 Å². The molecule has 110 valence electrons. The van der Waals surface area contributed by atoms with Gasteiger partial charge in [0.2, 0.25) is 0 Å². The molecule has 0 fully saturated rings. The Kier molecular flexibility index (Phi) is 5.70. The smallest absolute Gasteiger partial charge is 0.123 e. The van der Waals surface area contributed by atoms with Gasteiger partial charge in [-0.3, -0.25) is 0 Å². The predicted octanol–water partition coefficient (Wildman–Crippen LogP) is 4.85. The van der Waals surface area contributed by atoms with Gasteiger partial charge in [-0.25, -0.2) is 5.26 Å². The Morgan fingerprint density at radius 2 is 1.81 bits per heavy atom. The lowest BCUT2D eigenvalue weighted by Gasteiger charge is -2.04. The first kappa shape index (κ1) is 15.5. The molecule has 0 aliphatic rings. The van der Waals surface area contributed by atoms with Crippen LogP contribution in [0.25, 0.3) is 0 Å². The van der Waals surface area contributed by atoms with Crippen LogP contribution < -0.4 is 4.74 Å². The van der Waals surface area contributed by atoms with E-state index in [1.54, 1.807) is 31.4 Å². The SMILES string of the molecule is COc1cc(N=Nc2cccc(SOOO)c2)ccc1C. The number of aryl methyl sites for hydroxylation is 1. The van der Waals surface area contributed by atoms with E-state index in [0.717, 1.165) is 28.3 Å². The first-order valence-electron chi connectivity index (χ1n) is 6.04. The van der Waals surface area contributed by atoms with Gasteiger partial charge >= 0.3 is 0 Å². The van der Waals surface area contributed by atoms with Crippen molar-refractivity contribution >= 4 is 23.4 Å². The number of azo groups is 1. The minimum atomic E-state index is 0.654. The van der Waals surface area contributed by atoms with Gasteiger partial charge in [-0.1, -0.05) is 17.2 Å². The van der Waals surface area contributed by atoms with E-state index >= 15 is 0 Å². The molecule has 2 aromatic carbocycles.